The van der Waals surface area contributed by atoms with Gasteiger partial charge in [-0.25, -0.2) is 8.42 Å². The zero-order chi connectivity index (χ0) is 15.6. The molecule has 0 bridgehead atoms. The van der Waals surface area contributed by atoms with Crippen molar-refractivity contribution >= 4 is 44.9 Å². The number of carboxylic acid groups (broad SMARTS) is 1. The Morgan fingerprint density at radius 1 is 1.05 bits per heavy atom. The van der Waals surface area contributed by atoms with E-state index >= 15 is 0 Å². The average molecular weight is 345 g/mol. The Balaban J connectivity index is 2.41. The molecule has 0 heterocycles. The summed E-state index contributed by atoms with van der Waals surface area (Å²) < 4.78 is 26.8. The molecule has 2 aromatic carbocycles. The molecular formula is C13H8Cl2NO4S-. The Hall–Kier alpha value is -1.76. The van der Waals surface area contributed by atoms with Crippen LogP contribution in [0.4, 0.5) is 5.69 Å². The number of carbonyl (C=O) groups is 1. The van der Waals surface area contributed by atoms with Crippen LogP contribution in [0.15, 0.2) is 47.4 Å². The van der Waals surface area contributed by atoms with E-state index < -0.39 is 16.0 Å². The van der Waals surface area contributed by atoms with E-state index in [0.29, 0.717) is 5.02 Å². The van der Waals surface area contributed by atoms with Crippen LogP contribution in [0.1, 0.15) is 10.4 Å². The lowest BCUT2D eigenvalue weighted by Gasteiger charge is -2.11. The topological polar surface area (TPSA) is 86.3 Å². The number of sulfonamides is 1. The molecule has 21 heavy (non-hydrogen) atoms. The number of halogens is 2. The fraction of sp³-hybridized carbons (Fsp3) is 0. The van der Waals surface area contributed by atoms with Gasteiger partial charge in [0.25, 0.3) is 10.0 Å². The predicted octanol–water partition coefficient (Wildman–Crippen LogP) is 2.16. The van der Waals surface area contributed by atoms with Crippen LogP contribution in [-0.2, 0) is 10.0 Å². The monoisotopic (exact) mass is 344 g/mol. The van der Waals surface area contributed by atoms with Gasteiger partial charge in [0.05, 0.1) is 11.0 Å². The Labute approximate surface area is 131 Å². The summed E-state index contributed by atoms with van der Waals surface area (Å²) in [4.78, 5) is 10.5. The standard InChI is InChI=1S/C13H9Cl2NO4S/c14-9-2-4-10(5-3-9)16-21(19,20)12-7-8(13(17)18)1-6-11(12)15/h1-7,16H,(H,17,18)/p-1. The van der Waals surface area contributed by atoms with Crippen LogP contribution in [-0.4, -0.2) is 14.4 Å². The van der Waals surface area contributed by atoms with Crippen molar-refractivity contribution in [2.24, 2.45) is 0 Å². The number of hydrogen-bond acceptors (Lipinski definition) is 4. The summed E-state index contributed by atoms with van der Waals surface area (Å²) in [5, 5.41) is 11.2. The van der Waals surface area contributed by atoms with E-state index in [4.69, 9.17) is 23.2 Å². The molecule has 110 valence electrons. The highest BCUT2D eigenvalue weighted by Gasteiger charge is 2.19. The van der Waals surface area contributed by atoms with Crippen LogP contribution < -0.4 is 9.83 Å². The second kappa shape index (κ2) is 5.93. The number of anilines is 1. The molecule has 0 saturated heterocycles. The van der Waals surface area contributed by atoms with Crippen molar-refractivity contribution in [2.45, 2.75) is 4.90 Å². The highest BCUT2D eigenvalue weighted by molar-refractivity contribution is 7.92. The van der Waals surface area contributed by atoms with Crippen LogP contribution in [0.3, 0.4) is 0 Å². The number of aromatic carboxylic acids is 1. The molecule has 0 aliphatic carbocycles. The van der Waals surface area contributed by atoms with Gasteiger partial charge < -0.3 is 9.90 Å². The number of benzene rings is 2. The molecule has 0 unspecified atom stereocenters. The van der Waals surface area contributed by atoms with E-state index in [1.54, 1.807) is 0 Å². The second-order valence-corrected chi connectivity index (χ2v) is 6.54. The Morgan fingerprint density at radius 3 is 2.24 bits per heavy atom. The number of carbonyl (C=O) groups excluding carboxylic acids is 1. The maximum atomic E-state index is 12.2. The van der Waals surface area contributed by atoms with Crippen LogP contribution >= 0.6 is 23.2 Å². The molecule has 0 spiro atoms. The first-order valence-electron chi connectivity index (χ1n) is 5.59. The summed E-state index contributed by atoms with van der Waals surface area (Å²) in [7, 11) is -4.03. The zero-order valence-electron chi connectivity index (χ0n) is 10.3. The molecule has 0 fully saturated rings. The van der Waals surface area contributed by atoms with Crippen LogP contribution in [0.25, 0.3) is 0 Å². The average Bonchev–Trinajstić information content (AvgIpc) is 2.41. The molecule has 0 aliphatic rings. The predicted molar refractivity (Wildman–Crippen MR) is 78.0 cm³/mol. The van der Waals surface area contributed by atoms with Gasteiger partial charge in [-0.15, -0.1) is 0 Å². The normalized spacial score (nSPS) is 11.1. The minimum Gasteiger partial charge on any atom is -0.545 e. The first kappa shape index (κ1) is 15.6. The van der Waals surface area contributed by atoms with E-state index in [0.717, 1.165) is 6.07 Å². The fourth-order valence-corrected chi connectivity index (χ4v) is 3.28. The third kappa shape index (κ3) is 3.66. The quantitative estimate of drug-likeness (QED) is 0.920. The molecule has 2 aromatic rings. The molecule has 0 radical (unpaired) electrons. The smallest absolute Gasteiger partial charge is 0.263 e. The first-order valence-corrected chi connectivity index (χ1v) is 7.83. The van der Waals surface area contributed by atoms with Crippen LogP contribution in [0, 0.1) is 0 Å². The van der Waals surface area contributed by atoms with Crippen molar-refractivity contribution < 1.29 is 18.3 Å². The van der Waals surface area contributed by atoms with Gasteiger partial charge in [-0.1, -0.05) is 29.3 Å². The fourth-order valence-electron chi connectivity index (χ4n) is 1.56. The lowest BCUT2D eigenvalue weighted by molar-refractivity contribution is -0.255. The van der Waals surface area contributed by atoms with Crippen molar-refractivity contribution in [2.75, 3.05) is 4.72 Å². The van der Waals surface area contributed by atoms with Crippen molar-refractivity contribution in [3.8, 4) is 0 Å². The Kier molecular flexibility index (Phi) is 4.41. The molecule has 0 atom stereocenters. The number of hydrogen-bond donors (Lipinski definition) is 1. The number of nitrogens with one attached hydrogen (secondary N) is 1. The van der Waals surface area contributed by atoms with E-state index in [2.05, 4.69) is 4.72 Å². The van der Waals surface area contributed by atoms with Crippen molar-refractivity contribution in [1.29, 1.82) is 0 Å². The molecule has 5 nitrogen and oxygen atoms in total. The highest BCUT2D eigenvalue weighted by atomic mass is 35.5. The zero-order valence-corrected chi connectivity index (χ0v) is 12.7. The summed E-state index contributed by atoms with van der Waals surface area (Å²) in [5.41, 5.74) is -0.00907. The molecule has 1 N–H and O–H groups in total. The maximum Gasteiger partial charge on any atom is 0.263 e. The van der Waals surface area contributed by atoms with Gasteiger partial charge in [-0.2, -0.15) is 0 Å². The minimum atomic E-state index is -4.03. The Morgan fingerprint density at radius 2 is 1.67 bits per heavy atom. The Bertz CT molecular complexity index is 788. The third-order valence-electron chi connectivity index (χ3n) is 2.55. The lowest BCUT2D eigenvalue weighted by Crippen LogP contribution is -2.23. The van der Waals surface area contributed by atoms with Crippen LogP contribution in [0.2, 0.25) is 10.0 Å². The summed E-state index contributed by atoms with van der Waals surface area (Å²) in [6.07, 6.45) is 0. The van der Waals surface area contributed by atoms with E-state index in [1.807, 2.05) is 0 Å². The number of rotatable bonds is 4. The molecule has 2 rings (SSSR count). The molecule has 0 aliphatic heterocycles. The molecule has 0 saturated carbocycles. The van der Waals surface area contributed by atoms with Gasteiger partial charge in [0.15, 0.2) is 0 Å². The van der Waals surface area contributed by atoms with Crippen molar-refractivity contribution in [1.82, 2.24) is 0 Å². The number of carboxylic acids is 1. The third-order valence-corrected chi connectivity index (χ3v) is 4.67. The maximum absolute atomic E-state index is 12.2. The summed E-state index contributed by atoms with van der Waals surface area (Å²) in [6, 6.07) is 9.25. The molecule has 0 amide bonds. The van der Waals surface area contributed by atoms with Gasteiger partial charge in [-0.05, 0) is 42.0 Å². The van der Waals surface area contributed by atoms with E-state index in [1.165, 1.54) is 36.4 Å². The summed E-state index contributed by atoms with van der Waals surface area (Å²) >= 11 is 11.5. The van der Waals surface area contributed by atoms with E-state index in [-0.39, 0.29) is 21.2 Å². The van der Waals surface area contributed by atoms with Gasteiger partial charge in [0, 0.05) is 10.7 Å². The molecular weight excluding hydrogens is 337 g/mol. The van der Waals surface area contributed by atoms with Gasteiger partial charge in [-0.3, -0.25) is 4.72 Å². The van der Waals surface area contributed by atoms with Gasteiger partial charge >= 0.3 is 0 Å². The molecule has 8 heteroatoms. The lowest BCUT2D eigenvalue weighted by atomic mass is 10.2. The van der Waals surface area contributed by atoms with Gasteiger partial charge in [0.2, 0.25) is 0 Å². The molecule has 0 aromatic heterocycles. The van der Waals surface area contributed by atoms with Crippen molar-refractivity contribution in [3.05, 3.63) is 58.1 Å². The summed E-state index contributed by atoms with van der Waals surface area (Å²) in [6.45, 7) is 0. The summed E-state index contributed by atoms with van der Waals surface area (Å²) in [5.74, 6) is -1.49. The largest absolute Gasteiger partial charge is 0.545 e. The highest BCUT2D eigenvalue weighted by Crippen LogP contribution is 2.25. The second-order valence-electron chi connectivity index (χ2n) is 4.05. The van der Waals surface area contributed by atoms with E-state index in [9.17, 15) is 18.3 Å². The SMILES string of the molecule is O=C([O-])c1ccc(Cl)c(S(=O)(=O)Nc2ccc(Cl)cc2)c1. The minimum absolute atomic E-state index is 0.0959. The van der Waals surface area contributed by atoms with Gasteiger partial charge in [0.1, 0.15) is 4.90 Å². The first-order chi connectivity index (χ1) is 9.79. The van der Waals surface area contributed by atoms with Crippen LogP contribution in [0.5, 0.6) is 0 Å². The van der Waals surface area contributed by atoms with Crippen molar-refractivity contribution in [3.63, 3.8) is 0 Å².